The Morgan fingerprint density at radius 2 is 1.31 bits per heavy atom. The maximum atomic E-state index is 13.1. The molecule has 0 atom stereocenters. The zero-order valence-corrected chi connectivity index (χ0v) is 25.5. The summed E-state index contributed by atoms with van der Waals surface area (Å²) in [6.45, 7) is 15.2. The Morgan fingerprint density at radius 3 is 1.81 bits per heavy atom. The van der Waals surface area contributed by atoms with Gasteiger partial charge in [-0.3, -0.25) is 0 Å². The molecule has 0 aliphatic heterocycles. The summed E-state index contributed by atoms with van der Waals surface area (Å²) < 4.78 is 44.7. The molecule has 9 heteroatoms. The van der Waals surface area contributed by atoms with Crippen LogP contribution in [0.25, 0.3) is 6.08 Å². The second-order valence-corrected chi connectivity index (χ2v) is 24.4. The third kappa shape index (κ3) is 13.0. The molecule has 0 aromatic heterocycles. The van der Waals surface area contributed by atoms with E-state index in [1.807, 2.05) is 54.6 Å². The number of hydrogen-bond acceptors (Lipinski definition) is 5. The van der Waals surface area contributed by atoms with Crippen molar-refractivity contribution < 1.29 is 22.6 Å². The highest BCUT2D eigenvalue weighted by Crippen LogP contribution is 2.17. The van der Waals surface area contributed by atoms with Gasteiger partial charge in [0, 0.05) is 34.8 Å². The zero-order valence-electron chi connectivity index (χ0n) is 22.7. The SMILES string of the molecule is C[Si](C)(C)CCOCN(COCC[Si](C)(C)C)S(=O)(=O)/C=C/c1ccc(OCc2ccccc2)cc1. The molecular weight excluding hydrogens is 507 g/mol. The highest BCUT2D eigenvalue weighted by molar-refractivity contribution is 7.92. The van der Waals surface area contributed by atoms with Gasteiger partial charge in [0.1, 0.15) is 25.8 Å². The first-order valence-electron chi connectivity index (χ1n) is 12.4. The van der Waals surface area contributed by atoms with Crippen LogP contribution in [0.4, 0.5) is 0 Å². The molecule has 2 aromatic rings. The molecule has 0 spiro atoms. The van der Waals surface area contributed by atoms with Crippen molar-refractivity contribution in [3.63, 3.8) is 0 Å². The van der Waals surface area contributed by atoms with Crippen molar-refractivity contribution in [2.45, 2.75) is 58.0 Å². The van der Waals surface area contributed by atoms with Gasteiger partial charge in [-0.2, -0.15) is 0 Å². The minimum Gasteiger partial charge on any atom is -0.489 e. The van der Waals surface area contributed by atoms with Crippen LogP contribution in [-0.4, -0.2) is 55.5 Å². The number of ether oxygens (including phenoxy) is 3. The molecule has 0 unspecified atom stereocenters. The largest absolute Gasteiger partial charge is 0.489 e. The van der Waals surface area contributed by atoms with Gasteiger partial charge in [0.2, 0.25) is 10.0 Å². The van der Waals surface area contributed by atoms with Gasteiger partial charge in [-0.15, -0.1) is 4.31 Å². The average Bonchev–Trinajstić information content (AvgIpc) is 2.80. The molecular formula is C27H43NO5SSi2. The molecule has 6 nitrogen and oxygen atoms in total. The lowest BCUT2D eigenvalue weighted by Crippen LogP contribution is -2.35. The zero-order chi connectivity index (χ0) is 26.7. The number of nitrogens with zero attached hydrogens (tertiary/aromatic N) is 1. The molecule has 200 valence electrons. The van der Waals surface area contributed by atoms with Gasteiger partial charge in [0.15, 0.2) is 0 Å². The predicted molar refractivity (Wildman–Crippen MR) is 155 cm³/mol. The van der Waals surface area contributed by atoms with E-state index in [0.29, 0.717) is 19.8 Å². The van der Waals surface area contributed by atoms with E-state index in [1.54, 1.807) is 6.08 Å². The molecule has 0 saturated carbocycles. The van der Waals surface area contributed by atoms with Crippen LogP contribution in [0.2, 0.25) is 51.4 Å². The Bertz CT molecular complexity index is 1010. The molecule has 0 fully saturated rings. The maximum absolute atomic E-state index is 13.1. The summed E-state index contributed by atoms with van der Waals surface area (Å²) >= 11 is 0. The molecule has 0 heterocycles. The number of sulfonamides is 1. The van der Waals surface area contributed by atoms with Crippen molar-refractivity contribution in [3.8, 4) is 5.75 Å². The first-order chi connectivity index (χ1) is 16.8. The van der Waals surface area contributed by atoms with Gasteiger partial charge >= 0.3 is 0 Å². The summed E-state index contributed by atoms with van der Waals surface area (Å²) in [5, 5.41) is 1.22. The molecule has 0 radical (unpaired) electrons. The Balaban J connectivity index is 1.97. The van der Waals surface area contributed by atoms with E-state index >= 15 is 0 Å². The van der Waals surface area contributed by atoms with Gasteiger partial charge in [0.05, 0.1) is 0 Å². The van der Waals surface area contributed by atoms with Gasteiger partial charge in [0.25, 0.3) is 0 Å². The topological polar surface area (TPSA) is 65.1 Å². The molecule has 0 aliphatic carbocycles. The smallest absolute Gasteiger partial charge is 0.240 e. The van der Waals surface area contributed by atoms with Crippen LogP contribution in [0.5, 0.6) is 5.75 Å². The average molecular weight is 550 g/mol. The van der Waals surface area contributed by atoms with Crippen molar-refractivity contribution >= 4 is 32.2 Å². The summed E-state index contributed by atoms with van der Waals surface area (Å²) in [4.78, 5) is 0. The minimum absolute atomic E-state index is 0.0175. The van der Waals surface area contributed by atoms with Crippen LogP contribution in [0.3, 0.4) is 0 Å². The first-order valence-corrected chi connectivity index (χ1v) is 21.4. The quantitative estimate of drug-likeness (QED) is 0.136. The number of benzene rings is 2. The Morgan fingerprint density at radius 1 is 0.778 bits per heavy atom. The molecule has 36 heavy (non-hydrogen) atoms. The summed E-state index contributed by atoms with van der Waals surface area (Å²) in [6.07, 6.45) is 1.59. The van der Waals surface area contributed by atoms with Gasteiger partial charge in [-0.1, -0.05) is 81.7 Å². The van der Waals surface area contributed by atoms with Gasteiger partial charge in [-0.25, -0.2) is 8.42 Å². The van der Waals surface area contributed by atoms with E-state index in [2.05, 4.69) is 39.3 Å². The molecule has 0 N–H and O–H groups in total. The van der Waals surface area contributed by atoms with Crippen molar-refractivity contribution in [2.24, 2.45) is 0 Å². The second-order valence-electron chi connectivity index (χ2n) is 11.3. The fourth-order valence-corrected chi connectivity index (χ4v) is 5.40. The third-order valence-electron chi connectivity index (χ3n) is 5.38. The predicted octanol–water partition coefficient (Wildman–Crippen LogP) is 6.49. The fourth-order valence-electron chi connectivity index (χ4n) is 2.94. The Labute approximate surface area is 220 Å². The lowest BCUT2D eigenvalue weighted by molar-refractivity contribution is 0.00888. The van der Waals surface area contributed by atoms with Crippen LogP contribution in [0, 0.1) is 0 Å². The summed E-state index contributed by atoms with van der Waals surface area (Å²) in [7, 11) is -6.24. The molecule has 0 saturated heterocycles. The van der Waals surface area contributed by atoms with Crippen LogP contribution < -0.4 is 4.74 Å². The molecule has 2 aromatic carbocycles. The highest BCUT2D eigenvalue weighted by Gasteiger charge is 2.21. The first kappa shape index (κ1) is 30.5. The van der Waals surface area contributed by atoms with Crippen molar-refractivity contribution in [1.29, 1.82) is 0 Å². The maximum Gasteiger partial charge on any atom is 0.240 e. The van der Waals surface area contributed by atoms with E-state index < -0.39 is 26.2 Å². The lowest BCUT2D eigenvalue weighted by atomic mass is 10.2. The van der Waals surface area contributed by atoms with E-state index in [1.165, 1.54) is 9.71 Å². The van der Waals surface area contributed by atoms with Crippen LogP contribution in [-0.2, 0) is 26.1 Å². The normalized spacial score (nSPS) is 13.0. The fraction of sp³-hybridized carbons (Fsp3) is 0.481. The molecule has 2 rings (SSSR count). The van der Waals surface area contributed by atoms with E-state index in [0.717, 1.165) is 29.0 Å². The standard InChI is InChI=1S/C27H43NO5SSi2/c1-35(2,3)20-17-31-23-28(24-32-18-21-36(4,5)6)34(29,30)19-16-25-12-14-27(15-13-25)33-22-26-10-8-7-9-11-26/h7-16,19H,17-18,20-24H2,1-6H3/b19-16+. The number of rotatable bonds is 16. The van der Waals surface area contributed by atoms with E-state index in [-0.39, 0.29) is 13.5 Å². The summed E-state index contributed by atoms with van der Waals surface area (Å²) in [6, 6.07) is 19.3. The van der Waals surface area contributed by atoms with E-state index in [9.17, 15) is 8.42 Å². The van der Waals surface area contributed by atoms with Gasteiger partial charge < -0.3 is 14.2 Å². The van der Waals surface area contributed by atoms with Gasteiger partial charge in [-0.05, 0) is 41.4 Å². The lowest BCUT2D eigenvalue weighted by Gasteiger charge is -2.22. The minimum atomic E-state index is -3.71. The summed E-state index contributed by atoms with van der Waals surface area (Å²) in [5.74, 6) is 0.729. The van der Waals surface area contributed by atoms with Crippen LogP contribution in [0.15, 0.2) is 60.0 Å². The Hall–Kier alpha value is -1.76. The van der Waals surface area contributed by atoms with Crippen molar-refractivity contribution in [3.05, 3.63) is 71.1 Å². The van der Waals surface area contributed by atoms with Crippen LogP contribution >= 0.6 is 0 Å². The summed E-state index contributed by atoms with van der Waals surface area (Å²) in [5.41, 5.74) is 1.86. The van der Waals surface area contributed by atoms with Crippen molar-refractivity contribution in [1.82, 2.24) is 4.31 Å². The monoisotopic (exact) mass is 549 g/mol. The third-order valence-corrected chi connectivity index (χ3v) is 10.2. The highest BCUT2D eigenvalue weighted by atomic mass is 32.2. The van der Waals surface area contributed by atoms with E-state index in [4.69, 9.17) is 14.2 Å². The molecule has 0 amide bonds. The van der Waals surface area contributed by atoms with Crippen molar-refractivity contribution in [2.75, 3.05) is 26.7 Å². The van der Waals surface area contributed by atoms with Crippen LogP contribution in [0.1, 0.15) is 11.1 Å². The Kier molecular flexibility index (Phi) is 12.1. The molecule has 0 aliphatic rings. The molecule has 0 bridgehead atoms. The number of hydrogen-bond donors (Lipinski definition) is 0. The second kappa shape index (κ2) is 14.3.